The molecule has 3 rings (SSSR count). The molecule has 2 N–H and O–H groups in total. The van der Waals surface area contributed by atoms with Crippen molar-refractivity contribution in [2.45, 2.75) is 19.3 Å². The molecule has 0 unspecified atom stereocenters. The van der Waals surface area contributed by atoms with Gasteiger partial charge in [-0.05, 0) is 12.1 Å². The number of pyridine rings is 1. The van der Waals surface area contributed by atoms with Crippen LogP contribution >= 0.6 is 0 Å². The maximum absolute atomic E-state index is 5.63. The number of nitrogens with two attached hydrogens (primary N) is 1. The van der Waals surface area contributed by atoms with Gasteiger partial charge in [0.2, 0.25) is 0 Å². The van der Waals surface area contributed by atoms with Gasteiger partial charge in [0.25, 0.3) is 0 Å². The molecular formula is C11H13N5O. The number of aromatic nitrogens is 4. The minimum absolute atomic E-state index is 0.0333. The fourth-order valence-corrected chi connectivity index (χ4v) is 1.93. The Bertz CT molecular complexity index is 510. The van der Waals surface area contributed by atoms with E-state index in [1.807, 2.05) is 16.8 Å². The summed E-state index contributed by atoms with van der Waals surface area (Å²) in [6, 6.07) is 3.85. The van der Waals surface area contributed by atoms with Gasteiger partial charge in [0.1, 0.15) is 5.69 Å². The summed E-state index contributed by atoms with van der Waals surface area (Å²) in [6.07, 6.45) is 3.55. The third kappa shape index (κ3) is 1.81. The van der Waals surface area contributed by atoms with E-state index in [4.69, 9.17) is 10.5 Å². The Balaban J connectivity index is 1.97. The van der Waals surface area contributed by atoms with E-state index in [-0.39, 0.29) is 6.10 Å². The molecule has 0 aromatic carbocycles. The number of fused-ring (bicyclic) bond motifs is 1. The Morgan fingerprint density at radius 3 is 3.24 bits per heavy atom. The van der Waals surface area contributed by atoms with Crippen LogP contribution in [0.5, 0.6) is 0 Å². The fourth-order valence-electron chi connectivity index (χ4n) is 1.93. The van der Waals surface area contributed by atoms with Crippen LogP contribution in [0.3, 0.4) is 0 Å². The molecule has 0 saturated carbocycles. The van der Waals surface area contributed by atoms with Crippen LogP contribution < -0.4 is 5.73 Å². The van der Waals surface area contributed by atoms with Crippen molar-refractivity contribution >= 4 is 0 Å². The van der Waals surface area contributed by atoms with Crippen molar-refractivity contribution in [2.24, 2.45) is 5.73 Å². The second kappa shape index (κ2) is 4.23. The van der Waals surface area contributed by atoms with E-state index in [9.17, 15) is 0 Å². The molecule has 0 radical (unpaired) electrons. The van der Waals surface area contributed by atoms with Gasteiger partial charge >= 0.3 is 0 Å². The van der Waals surface area contributed by atoms with E-state index in [2.05, 4.69) is 15.3 Å². The van der Waals surface area contributed by atoms with Crippen molar-refractivity contribution in [3.8, 4) is 11.3 Å². The van der Waals surface area contributed by atoms with Gasteiger partial charge in [-0.2, -0.15) is 0 Å². The molecule has 0 fully saturated rings. The molecule has 0 saturated heterocycles. The highest BCUT2D eigenvalue weighted by atomic mass is 16.5. The smallest absolute Gasteiger partial charge is 0.120 e. The van der Waals surface area contributed by atoms with E-state index in [1.54, 1.807) is 12.4 Å². The lowest BCUT2D eigenvalue weighted by atomic mass is 10.1. The van der Waals surface area contributed by atoms with Gasteiger partial charge in [0.15, 0.2) is 0 Å². The van der Waals surface area contributed by atoms with E-state index < -0.39 is 0 Å². The van der Waals surface area contributed by atoms with Crippen LogP contribution in [0.25, 0.3) is 11.3 Å². The number of nitrogens with zero attached hydrogens (tertiary/aromatic N) is 4. The van der Waals surface area contributed by atoms with Crippen LogP contribution in [0, 0.1) is 0 Å². The van der Waals surface area contributed by atoms with Gasteiger partial charge in [0, 0.05) is 24.5 Å². The summed E-state index contributed by atoms with van der Waals surface area (Å²) in [6.45, 7) is 1.67. The number of ether oxygens (including phenoxy) is 1. The Morgan fingerprint density at radius 2 is 2.47 bits per heavy atom. The van der Waals surface area contributed by atoms with Gasteiger partial charge in [0.05, 0.1) is 24.9 Å². The standard InChI is InChI=1S/C11H13N5O/c12-4-9-6-16-10(7-17-9)11(14-15-16)8-2-1-3-13-5-8/h1-3,5,9H,4,6-7,12H2/t9-/m0/s1. The van der Waals surface area contributed by atoms with Crippen LogP contribution in [-0.2, 0) is 17.9 Å². The maximum atomic E-state index is 5.63. The number of hydrogen-bond acceptors (Lipinski definition) is 5. The highest BCUT2D eigenvalue weighted by Gasteiger charge is 2.23. The topological polar surface area (TPSA) is 78.9 Å². The predicted octanol–water partition coefficient (Wildman–Crippen LogP) is 0.198. The minimum atomic E-state index is 0.0333. The molecule has 6 nitrogen and oxygen atoms in total. The van der Waals surface area contributed by atoms with Crippen molar-refractivity contribution < 1.29 is 4.74 Å². The van der Waals surface area contributed by atoms with Gasteiger partial charge in [-0.25, -0.2) is 4.68 Å². The number of hydrogen-bond donors (Lipinski definition) is 1. The molecule has 1 aliphatic rings. The summed E-state index contributed by atoms with van der Waals surface area (Å²) >= 11 is 0. The SMILES string of the molecule is NC[C@H]1Cn2nnc(-c3cccnc3)c2CO1. The molecule has 0 aliphatic carbocycles. The Labute approximate surface area is 98.4 Å². The first-order valence-electron chi connectivity index (χ1n) is 5.53. The second-order valence-corrected chi connectivity index (χ2v) is 3.98. The van der Waals surface area contributed by atoms with E-state index in [0.717, 1.165) is 17.0 Å². The molecule has 0 amide bonds. The molecule has 0 spiro atoms. The Kier molecular flexibility index (Phi) is 2.58. The van der Waals surface area contributed by atoms with Crippen molar-refractivity contribution in [3.05, 3.63) is 30.2 Å². The summed E-state index contributed by atoms with van der Waals surface area (Å²) in [5, 5.41) is 8.32. The lowest BCUT2D eigenvalue weighted by molar-refractivity contribution is 0.00639. The average molecular weight is 231 g/mol. The Morgan fingerprint density at radius 1 is 1.53 bits per heavy atom. The zero-order valence-corrected chi connectivity index (χ0v) is 9.28. The van der Waals surface area contributed by atoms with E-state index >= 15 is 0 Å². The van der Waals surface area contributed by atoms with Crippen LogP contribution in [0.1, 0.15) is 5.69 Å². The molecule has 1 atom stereocenters. The van der Waals surface area contributed by atoms with Crippen molar-refractivity contribution in [3.63, 3.8) is 0 Å². The molecule has 3 heterocycles. The van der Waals surface area contributed by atoms with Crippen molar-refractivity contribution in [1.82, 2.24) is 20.0 Å². The normalized spacial score (nSPS) is 19.0. The minimum Gasteiger partial charge on any atom is -0.369 e. The molecule has 88 valence electrons. The third-order valence-electron chi connectivity index (χ3n) is 2.87. The number of rotatable bonds is 2. The summed E-state index contributed by atoms with van der Waals surface area (Å²) in [5.41, 5.74) is 8.37. The zero-order chi connectivity index (χ0) is 11.7. The van der Waals surface area contributed by atoms with Crippen LogP contribution in [0.2, 0.25) is 0 Å². The first kappa shape index (κ1) is 10.4. The molecule has 6 heteroatoms. The first-order valence-corrected chi connectivity index (χ1v) is 5.53. The van der Waals surface area contributed by atoms with Gasteiger partial charge in [-0.1, -0.05) is 5.21 Å². The molecule has 2 aromatic heterocycles. The summed E-state index contributed by atoms with van der Waals surface area (Å²) < 4.78 is 7.49. The quantitative estimate of drug-likeness (QED) is 0.798. The molecule has 1 aliphatic heterocycles. The monoisotopic (exact) mass is 231 g/mol. The maximum Gasteiger partial charge on any atom is 0.120 e. The predicted molar refractivity (Wildman–Crippen MR) is 60.9 cm³/mol. The van der Waals surface area contributed by atoms with E-state index in [0.29, 0.717) is 19.7 Å². The summed E-state index contributed by atoms with van der Waals surface area (Å²) in [5.74, 6) is 0. The van der Waals surface area contributed by atoms with Gasteiger partial charge < -0.3 is 10.5 Å². The summed E-state index contributed by atoms with van der Waals surface area (Å²) in [4.78, 5) is 4.08. The average Bonchev–Trinajstić information content (AvgIpc) is 2.82. The lowest BCUT2D eigenvalue weighted by Gasteiger charge is -2.22. The third-order valence-corrected chi connectivity index (χ3v) is 2.87. The van der Waals surface area contributed by atoms with Crippen LogP contribution in [-0.4, -0.2) is 32.6 Å². The van der Waals surface area contributed by atoms with Crippen LogP contribution in [0.4, 0.5) is 0 Å². The highest BCUT2D eigenvalue weighted by Crippen LogP contribution is 2.23. The van der Waals surface area contributed by atoms with Gasteiger partial charge in [-0.3, -0.25) is 4.98 Å². The van der Waals surface area contributed by atoms with Crippen molar-refractivity contribution in [2.75, 3.05) is 6.54 Å². The Hall–Kier alpha value is -1.79. The molecule has 0 bridgehead atoms. The lowest BCUT2D eigenvalue weighted by Crippen LogP contribution is -2.33. The molecular weight excluding hydrogens is 218 g/mol. The first-order chi connectivity index (χ1) is 8.38. The molecule has 2 aromatic rings. The fraction of sp³-hybridized carbons (Fsp3) is 0.364. The van der Waals surface area contributed by atoms with E-state index in [1.165, 1.54) is 0 Å². The zero-order valence-electron chi connectivity index (χ0n) is 9.28. The summed E-state index contributed by atoms with van der Waals surface area (Å²) in [7, 11) is 0. The van der Waals surface area contributed by atoms with Crippen LogP contribution in [0.15, 0.2) is 24.5 Å². The molecule has 17 heavy (non-hydrogen) atoms. The van der Waals surface area contributed by atoms with Crippen molar-refractivity contribution in [1.29, 1.82) is 0 Å². The highest BCUT2D eigenvalue weighted by molar-refractivity contribution is 5.59. The largest absolute Gasteiger partial charge is 0.369 e. The van der Waals surface area contributed by atoms with Gasteiger partial charge in [-0.15, -0.1) is 5.10 Å². The second-order valence-electron chi connectivity index (χ2n) is 3.98.